The molecule has 1 saturated carbocycles. The van der Waals surface area contributed by atoms with Gasteiger partial charge in [0.15, 0.2) is 0 Å². The predicted octanol–water partition coefficient (Wildman–Crippen LogP) is 2.52. The van der Waals surface area contributed by atoms with Gasteiger partial charge in [0, 0.05) is 6.42 Å². The second kappa shape index (κ2) is 3.00. The van der Waals surface area contributed by atoms with Crippen LogP contribution in [-0.4, -0.2) is 11.6 Å². The van der Waals surface area contributed by atoms with Gasteiger partial charge in [-0.2, -0.15) is 0 Å². The SMILES string of the molecule is CC1CC(C)CC2(CCC(=O)O2)C1. The van der Waals surface area contributed by atoms with Crippen LogP contribution in [0.5, 0.6) is 0 Å². The molecule has 0 bridgehead atoms. The number of carbonyl (C=O) groups excluding carboxylic acids is 1. The Labute approximate surface area is 79.7 Å². The molecule has 0 aromatic rings. The van der Waals surface area contributed by atoms with E-state index in [0.717, 1.165) is 31.1 Å². The zero-order valence-corrected chi connectivity index (χ0v) is 8.51. The van der Waals surface area contributed by atoms with Crippen LogP contribution in [0, 0.1) is 11.8 Å². The lowest BCUT2D eigenvalue weighted by Crippen LogP contribution is -2.37. The molecule has 1 spiro atoms. The lowest BCUT2D eigenvalue weighted by Gasteiger charge is -2.38. The van der Waals surface area contributed by atoms with Gasteiger partial charge in [-0.15, -0.1) is 0 Å². The first-order valence-electron chi connectivity index (χ1n) is 5.31. The van der Waals surface area contributed by atoms with E-state index in [0.29, 0.717) is 6.42 Å². The summed E-state index contributed by atoms with van der Waals surface area (Å²) in [6.45, 7) is 4.53. The zero-order valence-electron chi connectivity index (χ0n) is 8.51. The number of hydrogen-bond donors (Lipinski definition) is 0. The standard InChI is InChI=1S/C11H18O2/c1-8-5-9(2)7-11(6-8)4-3-10(12)13-11/h8-9H,3-7H2,1-2H3. The maximum Gasteiger partial charge on any atom is 0.306 e. The molecule has 2 rings (SSSR count). The van der Waals surface area contributed by atoms with Gasteiger partial charge in [0.2, 0.25) is 0 Å². The molecular formula is C11H18O2. The van der Waals surface area contributed by atoms with Crippen molar-refractivity contribution < 1.29 is 9.53 Å². The van der Waals surface area contributed by atoms with Gasteiger partial charge in [0.25, 0.3) is 0 Å². The molecule has 1 aliphatic carbocycles. The summed E-state index contributed by atoms with van der Waals surface area (Å²) < 4.78 is 5.49. The van der Waals surface area contributed by atoms with Crippen molar-refractivity contribution >= 4 is 5.97 Å². The van der Waals surface area contributed by atoms with Gasteiger partial charge in [-0.25, -0.2) is 0 Å². The van der Waals surface area contributed by atoms with Crippen LogP contribution < -0.4 is 0 Å². The van der Waals surface area contributed by atoms with Gasteiger partial charge >= 0.3 is 5.97 Å². The van der Waals surface area contributed by atoms with E-state index in [1.807, 2.05) is 0 Å². The Bertz CT molecular complexity index is 212. The van der Waals surface area contributed by atoms with E-state index in [1.54, 1.807) is 0 Å². The summed E-state index contributed by atoms with van der Waals surface area (Å²) in [5.74, 6) is 1.45. The van der Waals surface area contributed by atoms with E-state index < -0.39 is 0 Å². The molecule has 1 saturated heterocycles. The van der Waals surface area contributed by atoms with E-state index in [-0.39, 0.29) is 11.6 Å². The highest BCUT2D eigenvalue weighted by molar-refractivity contribution is 5.72. The summed E-state index contributed by atoms with van der Waals surface area (Å²) in [5.41, 5.74) is -0.0613. The summed E-state index contributed by atoms with van der Waals surface area (Å²) >= 11 is 0. The number of carbonyl (C=O) groups is 1. The highest BCUT2D eigenvalue weighted by Gasteiger charge is 2.44. The molecule has 0 aromatic carbocycles. The number of rotatable bonds is 0. The van der Waals surface area contributed by atoms with E-state index in [1.165, 1.54) is 6.42 Å². The number of hydrogen-bond acceptors (Lipinski definition) is 2. The van der Waals surface area contributed by atoms with Crippen LogP contribution in [0.2, 0.25) is 0 Å². The van der Waals surface area contributed by atoms with Crippen molar-refractivity contribution in [2.24, 2.45) is 11.8 Å². The fraction of sp³-hybridized carbons (Fsp3) is 0.909. The zero-order chi connectivity index (χ0) is 9.47. The van der Waals surface area contributed by atoms with Crippen molar-refractivity contribution in [2.75, 3.05) is 0 Å². The van der Waals surface area contributed by atoms with Crippen LogP contribution in [0.1, 0.15) is 46.0 Å². The van der Waals surface area contributed by atoms with Gasteiger partial charge in [-0.3, -0.25) is 4.79 Å². The number of esters is 1. The molecule has 0 N–H and O–H groups in total. The molecule has 2 heteroatoms. The first kappa shape index (κ1) is 9.04. The lowest BCUT2D eigenvalue weighted by molar-refractivity contribution is -0.153. The fourth-order valence-corrected chi connectivity index (χ4v) is 3.17. The quantitative estimate of drug-likeness (QED) is 0.538. The Kier molecular flexibility index (Phi) is 2.09. The molecule has 1 heterocycles. The normalized spacial score (nSPS) is 45.2. The minimum absolute atomic E-state index is 0.0151. The highest BCUT2D eigenvalue weighted by atomic mass is 16.6. The topological polar surface area (TPSA) is 26.3 Å². The molecule has 0 aromatic heterocycles. The molecule has 1 aliphatic heterocycles. The van der Waals surface area contributed by atoms with Crippen LogP contribution in [0.15, 0.2) is 0 Å². The summed E-state index contributed by atoms with van der Waals surface area (Å²) in [5, 5.41) is 0. The molecule has 2 fully saturated rings. The summed E-state index contributed by atoms with van der Waals surface area (Å²) in [6, 6.07) is 0. The fourth-order valence-electron chi connectivity index (χ4n) is 3.17. The van der Waals surface area contributed by atoms with Gasteiger partial charge in [-0.1, -0.05) is 13.8 Å². The Balaban J connectivity index is 2.09. The Morgan fingerprint density at radius 3 is 2.38 bits per heavy atom. The monoisotopic (exact) mass is 182 g/mol. The van der Waals surface area contributed by atoms with Crippen molar-refractivity contribution in [3.05, 3.63) is 0 Å². The molecule has 2 unspecified atom stereocenters. The molecule has 2 aliphatic rings. The van der Waals surface area contributed by atoms with E-state index in [4.69, 9.17) is 4.74 Å². The van der Waals surface area contributed by atoms with Gasteiger partial charge < -0.3 is 4.74 Å². The average molecular weight is 182 g/mol. The Morgan fingerprint density at radius 2 is 1.92 bits per heavy atom. The molecule has 74 valence electrons. The Morgan fingerprint density at radius 1 is 1.31 bits per heavy atom. The summed E-state index contributed by atoms with van der Waals surface area (Å²) in [4.78, 5) is 11.1. The van der Waals surface area contributed by atoms with Crippen LogP contribution in [0.3, 0.4) is 0 Å². The summed E-state index contributed by atoms with van der Waals surface area (Å²) in [6.07, 6.45) is 5.06. The second-order valence-electron chi connectivity index (χ2n) is 5.01. The third-order valence-electron chi connectivity index (χ3n) is 3.36. The average Bonchev–Trinajstić information content (AvgIpc) is 2.28. The van der Waals surface area contributed by atoms with Gasteiger partial charge in [0.1, 0.15) is 5.60 Å². The third kappa shape index (κ3) is 1.72. The van der Waals surface area contributed by atoms with Crippen molar-refractivity contribution in [1.29, 1.82) is 0 Å². The highest BCUT2D eigenvalue weighted by Crippen LogP contribution is 2.44. The third-order valence-corrected chi connectivity index (χ3v) is 3.36. The second-order valence-corrected chi connectivity index (χ2v) is 5.01. The molecule has 0 radical (unpaired) electrons. The van der Waals surface area contributed by atoms with Crippen LogP contribution >= 0.6 is 0 Å². The van der Waals surface area contributed by atoms with Crippen molar-refractivity contribution in [1.82, 2.24) is 0 Å². The minimum atomic E-state index is -0.0613. The van der Waals surface area contributed by atoms with E-state index in [9.17, 15) is 4.79 Å². The van der Waals surface area contributed by atoms with E-state index in [2.05, 4.69) is 13.8 Å². The lowest BCUT2D eigenvalue weighted by atomic mass is 9.73. The number of ether oxygens (including phenoxy) is 1. The maximum atomic E-state index is 11.1. The smallest absolute Gasteiger partial charge is 0.306 e. The first-order chi connectivity index (χ1) is 6.10. The molecule has 2 atom stereocenters. The molecular weight excluding hydrogens is 164 g/mol. The largest absolute Gasteiger partial charge is 0.459 e. The first-order valence-corrected chi connectivity index (χ1v) is 5.31. The predicted molar refractivity (Wildman–Crippen MR) is 50.2 cm³/mol. The van der Waals surface area contributed by atoms with Crippen LogP contribution in [0.25, 0.3) is 0 Å². The van der Waals surface area contributed by atoms with E-state index >= 15 is 0 Å². The van der Waals surface area contributed by atoms with Crippen molar-refractivity contribution in [3.63, 3.8) is 0 Å². The molecule has 0 amide bonds. The van der Waals surface area contributed by atoms with Crippen molar-refractivity contribution in [2.45, 2.75) is 51.6 Å². The van der Waals surface area contributed by atoms with Gasteiger partial charge in [0.05, 0.1) is 0 Å². The van der Waals surface area contributed by atoms with Crippen molar-refractivity contribution in [3.8, 4) is 0 Å². The van der Waals surface area contributed by atoms with Crippen LogP contribution in [0.4, 0.5) is 0 Å². The van der Waals surface area contributed by atoms with Crippen LogP contribution in [-0.2, 0) is 9.53 Å². The minimum Gasteiger partial charge on any atom is -0.459 e. The molecule has 13 heavy (non-hydrogen) atoms. The summed E-state index contributed by atoms with van der Waals surface area (Å²) in [7, 11) is 0. The maximum absolute atomic E-state index is 11.1. The molecule has 2 nitrogen and oxygen atoms in total. The van der Waals surface area contributed by atoms with Gasteiger partial charge in [-0.05, 0) is 37.5 Å². The Hall–Kier alpha value is -0.530.